The lowest BCUT2D eigenvalue weighted by Crippen LogP contribution is -2.52. The highest BCUT2D eigenvalue weighted by molar-refractivity contribution is 7.13. The van der Waals surface area contributed by atoms with E-state index in [1.807, 2.05) is 10.3 Å². The van der Waals surface area contributed by atoms with E-state index in [0.29, 0.717) is 13.1 Å². The van der Waals surface area contributed by atoms with Crippen LogP contribution in [0.4, 0.5) is 19.6 Å². The van der Waals surface area contributed by atoms with Gasteiger partial charge in [-0.25, -0.2) is 13.8 Å². The van der Waals surface area contributed by atoms with E-state index in [9.17, 15) is 13.6 Å². The zero-order valence-corrected chi connectivity index (χ0v) is 14.0. The molecular weight excluding hydrogens is 334 g/mol. The lowest BCUT2D eigenvalue weighted by atomic mass is 10.2. The number of thiazole rings is 1. The second kappa shape index (κ2) is 7.23. The molecule has 1 N–H and O–H groups in total. The molecule has 1 aliphatic heterocycles. The fraction of sp³-hybridized carbons (Fsp3) is 0.375. The van der Waals surface area contributed by atoms with E-state index in [1.165, 1.54) is 6.07 Å². The number of amides is 1. The van der Waals surface area contributed by atoms with E-state index in [-0.39, 0.29) is 0 Å². The number of carbonyl (C=O) groups excluding carboxylic acids is 1. The van der Waals surface area contributed by atoms with Gasteiger partial charge in [0.15, 0.2) is 5.13 Å². The zero-order valence-electron chi connectivity index (χ0n) is 13.2. The highest BCUT2D eigenvalue weighted by Crippen LogP contribution is 2.21. The third-order valence-corrected chi connectivity index (χ3v) is 4.97. The van der Waals surface area contributed by atoms with Gasteiger partial charge in [0.25, 0.3) is 0 Å². The topological polar surface area (TPSA) is 48.5 Å². The van der Waals surface area contributed by atoms with Crippen molar-refractivity contribution in [1.82, 2.24) is 9.88 Å². The minimum absolute atomic E-state index is 0.393. The third kappa shape index (κ3) is 3.54. The molecule has 1 amide bonds. The van der Waals surface area contributed by atoms with Crippen molar-refractivity contribution in [2.24, 2.45) is 0 Å². The van der Waals surface area contributed by atoms with E-state index in [1.54, 1.807) is 24.5 Å². The Morgan fingerprint density at radius 1 is 1.25 bits per heavy atom. The Balaban J connectivity index is 1.59. The Labute approximate surface area is 142 Å². The van der Waals surface area contributed by atoms with Crippen LogP contribution < -0.4 is 10.2 Å². The van der Waals surface area contributed by atoms with Crippen LogP contribution in [-0.4, -0.2) is 48.0 Å². The summed E-state index contributed by atoms with van der Waals surface area (Å²) in [4.78, 5) is 20.8. The molecule has 8 heteroatoms. The maximum atomic E-state index is 13.6. The molecule has 24 heavy (non-hydrogen) atoms. The molecule has 1 aromatic heterocycles. The molecule has 128 valence electrons. The second-order valence-corrected chi connectivity index (χ2v) is 6.47. The number of carbonyl (C=O) groups is 1. The molecule has 1 atom stereocenters. The van der Waals surface area contributed by atoms with Crippen molar-refractivity contribution in [3.63, 3.8) is 0 Å². The van der Waals surface area contributed by atoms with E-state index in [0.717, 1.165) is 30.4 Å². The molecule has 0 radical (unpaired) electrons. The Bertz CT molecular complexity index is 682. The molecular formula is C16H18F2N4OS. The summed E-state index contributed by atoms with van der Waals surface area (Å²) in [5.74, 6) is -1.96. The predicted octanol–water partition coefficient (Wildman–Crippen LogP) is 2.57. The number of piperazine rings is 1. The van der Waals surface area contributed by atoms with Gasteiger partial charge in [0.05, 0.1) is 6.04 Å². The van der Waals surface area contributed by atoms with E-state index in [2.05, 4.69) is 15.2 Å². The van der Waals surface area contributed by atoms with Crippen molar-refractivity contribution in [1.29, 1.82) is 0 Å². The van der Waals surface area contributed by atoms with Crippen molar-refractivity contribution < 1.29 is 13.6 Å². The summed E-state index contributed by atoms with van der Waals surface area (Å²) in [6.45, 7) is 4.65. The van der Waals surface area contributed by atoms with Gasteiger partial charge in [-0.05, 0) is 19.1 Å². The molecule has 1 aliphatic rings. The van der Waals surface area contributed by atoms with Crippen LogP contribution in [0.15, 0.2) is 29.8 Å². The number of rotatable bonds is 4. The first-order valence-electron chi connectivity index (χ1n) is 7.69. The molecule has 0 saturated carbocycles. The molecule has 5 nitrogen and oxygen atoms in total. The van der Waals surface area contributed by atoms with Crippen LogP contribution in [0, 0.1) is 11.6 Å². The Kier molecular flexibility index (Phi) is 5.06. The number of nitrogens with zero attached hydrogens (tertiary/aromatic N) is 3. The largest absolute Gasteiger partial charge is 0.346 e. The van der Waals surface area contributed by atoms with Crippen molar-refractivity contribution in [2.75, 3.05) is 36.4 Å². The smallest absolute Gasteiger partial charge is 0.241 e. The molecule has 2 heterocycles. The van der Waals surface area contributed by atoms with Crippen LogP contribution in [0.1, 0.15) is 6.92 Å². The minimum Gasteiger partial charge on any atom is -0.346 e. The second-order valence-electron chi connectivity index (χ2n) is 5.60. The number of hydrogen-bond donors (Lipinski definition) is 1. The predicted molar refractivity (Wildman–Crippen MR) is 90.3 cm³/mol. The first kappa shape index (κ1) is 16.8. The SMILES string of the molecule is C[C@H](C(=O)Nc1c(F)cccc1F)N1CCN(c2nccs2)CC1. The molecule has 0 bridgehead atoms. The number of aromatic nitrogens is 1. The average molecular weight is 352 g/mol. The average Bonchev–Trinajstić information content (AvgIpc) is 3.12. The summed E-state index contributed by atoms with van der Waals surface area (Å²) in [7, 11) is 0. The van der Waals surface area contributed by atoms with Crippen molar-refractivity contribution in [3.8, 4) is 0 Å². The van der Waals surface area contributed by atoms with Crippen LogP contribution in [-0.2, 0) is 4.79 Å². The molecule has 1 saturated heterocycles. The van der Waals surface area contributed by atoms with Gasteiger partial charge >= 0.3 is 0 Å². The fourth-order valence-electron chi connectivity index (χ4n) is 2.68. The number of hydrogen-bond acceptors (Lipinski definition) is 5. The van der Waals surface area contributed by atoms with E-state index >= 15 is 0 Å². The molecule has 1 aromatic carbocycles. The molecule has 0 unspecified atom stereocenters. The highest BCUT2D eigenvalue weighted by Gasteiger charge is 2.27. The van der Waals surface area contributed by atoms with E-state index < -0.39 is 29.3 Å². The molecule has 3 rings (SSSR count). The summed E-state index contributed by atoms with van der Waals surface area (Å²) >= 11 is 1.58. The summed E-state index contributed by atoms with van der Waals surface area (Å²) in [6.07, 6.45) is 1.77. The van der Waals surface area contributed by atoms with Crippen LogP contribution >= 0.6 is 11.3 Å². The van der Waals surface area contributed by atoms with Gasteiger partial charge in [0, 0.05) is 37.8 Å². The lowest BCUT2D eigenvalue weighted by molar-refractivity contribution is -0.120. The Morgan fingerprint density at radius 3 is 2.50 bits per heavy atom. The maximum Gasteiger partial charge on any atom is 0.241 e. The van der Waals surface area contributed by atoms with Gasteiger partial charge in [-0.2, -0.15) is 0 Å². The summed E-state index contributed by atoms with van der Waals surface area (Å²) in [6, 6.07) is 3.04. The van der Waals surface area contributed by atoms with Gasteiger partial charge in [-0.3, -0.25) is 9.69 Å². The minimum atomic E-state index is -0.774. The number of benzene rings is 1. The van der Waals surface area contributed by atoms with E-state index in [4.69, 9.17) is 0 Å². The zero-order chi connectivity index (χ0) is 17.1. The third-order valence-electron chi connectivity index (χ3n) is 4.14. The Morgan fingerprint density at radius 2 is 1.92 bits per heavy atom. The van der Waals surface area contributed by atoms with Crippen LogP contribution in [0.3, 0.4) is 0 Å². The summed E-state index contributed by atoms with van der Waals surface area (Å²) in [5, 5.41) is 5.26. The molecule has 0 aliphatic carbocycles. The monoisotopic (exact) mass is 352 g/mol. The van der Waals surface area contributed by atoms with Crippen LogP contribution in [0.25, 0.3) is 0 Å². The number of para-hydroxylation sites is 1. The van der Waals surface area contributed by atoms with Crippen LogP contribution in [0.2, 0.25) is 0 Å². The van der Waals surface area contributed by atoms with Gasteiger partial charge in [0.1, 0.15) is 17.3 Å². The van der Waals surface area contributed by atoms with Gasteiger partial charge in [-0.15, -0.1) is 11.3 Å². The van der Waals surface area contributed by atoms with Crippen molar-refractivity contribution >= 4 is 28.1 Å². The van der Waals surface area contributed by atoms with Gasteiger partial charge in [0.2, 0.25) is 5.91 Å². The van der Waals surface area contributed by atoms with Crippen molar-refractivity contribution in [3.05, 3.63) is 41.4 Å². The lowest BCUT2D eigenvalue weighted by Gasteiger charge is -2.37. The van der Waals surface area contributed by atoms with Gasteiger partial charge < -0.3 is 10.2 Å². The Hall–Kier alpha value is -2.06. The van der Waals surface area contributed by atoms with Crippen LogP contribution in [0.5, 0.6) is 0 Å². The van der Waals surface area contributed by atoms with Crippen molar-refractivity contribution in [2.45, 2.75) is 13.0 Å². The molecule has 1 fully saturated rings. The standard InChI is InChI=1S/C16H18F2N4OS/c1-11(15(23)20-14-12(17)3-2-4-13(14)18)21-6-8-22(9-7-21)16-19-5-10-24-16/h2-5,10-11H,6-9H2,1H3,(H,20,23)/t11-/m1/s1. The number of anilines is 2. The molecule has 0 spiro atoms. The summed E-state index contributed by atoms with van der Waals surface area (Å²) in [5.41, 5.74) is -0.393. The van der Waals surface area contributed by atoms with Gasteiger partial charge in [-0.1, -0.05) is 6.07 Å². The normalized spacial score (nSPS) is 16.9. The summed E-state index contributed by atoms with van der Waals surface area (Å²) < 4.78 is 27.3. The first-order chi connectivity index (χ1) is 11.6. The number of nitrogens with one attached hydrogen (secondary N) is 1. The highest BCUT2D eigenvalue weighted by atomic mass is 32.1. The fourth-order valence-corrected chi connectivity index (χ4v) is 3.38. The molecule has 2 aromatic rings. The maximum absolute atomic E-state index is 13.6. The number of halogens is 2. The first-order valence-corrected chi connectivity index (χ1v) is 8.57. The quantitative estimate of drug-likeness (QED) is 0.919.